The summed E-state index contributed by atoms with van der Waals surface area (Å²) in [5, 5.41) is 0. The van der Waals surface area contributed by atoms with Crippen molar-refractivity contribution in [2.24, 2.45) is 5.92 Å². The van der Waals surface area contributed by atoms with Crippen molar-refractivity contribution in [3.8, 4) is 0 Å². The molecule has 1 unspecified atom stereocenters. The molecule has 0 amide bonds. The van der Waals surface area contributed by atoms with Crippen LogP contribution in [0.5, 0.6) is 0 Å². The van der Waals surface area contributed by atoms with E-state index in [-0.39, 0.29) is 11.9 Å². The van der Waals surface area contributed by atoms with Gasteiger partial charge in [-0.15, -0.1) is 0 Å². The number of ether oxygens (including phenoxy) is 1. The maximum absolute atomic E-state index is 10.9. The van der Waals surface area contributed by atoms with Crippen LogP contribution in [0.1, 0.15) is 13.3 Å². The molecule has 4 heteroatoms. The number of cyclic esters (lactones) is 1. The monoisotopic (exact) mass is 192 g/mol. The Balaban J connectivity index is 2.75. The summed E-state index contributed by atoms with van der Waals surface area (Å²) in [6, 6.07) is 0. The number of esters is 1. The number of carbonyl (C=O) groups is 1. The van der Waals surface area contributed by atoms with Crippen LogP contribution >= 0.6 is 25.3 Å². The number of hydrogen-bond acceptors (Lipinski definition) is 4. The van der Waals surface area contributed by atoms with Gasteiger partial charge in [-0.25, -0.2) is 0 Å². The lowest BCUT2D eigenvalue weighted by Gasteiger charge is -2.27. The Kier molecular flexibility index (Phi) is 2.75. The van der Waals surface area contributed by atoms with E-state index >= 15 is 0 Å². The molecule has 0 radical (unpaired) electrons. The first-order chi connectivity index (χ1) is 5.14. The number of thiol groups is 2. The van der Waals surface area contributed by atoms with Gasteiger partial charge < -0.3 is 4.74 Å². The Morgan fingerprint density at radius 2 is 2.18 bits per heavy atom. The fourth-order valence-electron chi connectivity index (χ4n) is 1.23. The average Bonchev–Trinajstić information content (AvgIpc) is 2.27. The summed E-state index contributed by atoms with van der Waals surface area (Å²) < 4.78 is 5.17. The van der Waals surface area contributed by atoms with Gasteiger partial charge in [0.2, 0.25) is 0 Å². The molecule has 0 saturated carbocycles. The molecule has 2 nitrogen and oxygen atoms in total. The van der Waals surface area contributed by atoms with Gasteiger partial charge in [-0.3, -0.25) is 4.79 Å². The van der Waals surface area contributed by atoms with Crippen LogP contribution in [0, 0.1) is 5.92 Å². The van der Waals surface area contributed by atoms with Crippen molar-refractivity contribution in [1.82, 2.24) is 0 Å². The first-order valence-corrected chi connectivity index (χ1v) is 4.84. The van der Waals surface area contributed by atoms with Gasteiger partial charge >= 0.3 is 5.97 Å². The van der Waals surface area contributed by atoms with Gasteiger partial charge in [-0.1, -0.05) is 6.92 Å². The van der Waals surface area contributed by atoms with Gasteiger partial charge in [-0.05, 0) is 0 Å². The van der Waals surface area contributed by atoms with Crippen molar-refractivity contribution < 1.29 is 9.53 Å². The molecule has 1 atom stereocenters. The molecule has 0 aromatic heterocycles. The van der Waals surface area contributed by atoms with E-state index < -0.39 is 5.60 Å². The maximum atomic E-state index is 10.9. The van der Waals surface area contributed by atoms with E-state index in [1.54, 1.807) is 0 Å². The lowest BCUT2D eigenvalue weighted by Crippen LogP contribution is -2.38. The summed E-state index contributed by atoms with van der Waals surface area (Å²) in [5.41, 5.74) is -0.413. The van der Waals surface area contributed by atoms with E-state index in [4.69, 9.17) is 4.74 Å². The van der Waals surface area contributed by atoms with Crippen LogP contribution in [0.25, 0.3) is 0 Å². The fraction of sp³-hybridized carbons (Fsp3) is 0.857. The van der Waals surface area contributed by atoms with Crippen molar-refractivity contribution in [2.45, 2.75) is 18.9 Å². The summed E-state index contributed by atoms with van der Waals surface area (Å²) in [6.07, 6.45) is 0.501. The van der Waals surface area contributed by atoms with Gasteiger partial charge in [0.15, 0.2) is 0 Å². The molecule has 1 fully saturated rings. The average molecular weight is 192 g/mol. The van der Waals surface area contributed by atoms with E-state index in [1.165, 1.54) is 0 Å². The molecule has 0 aliphatic carbocycles. The highest BCUT2D eigenvalue weighted by Gasteiger charge is 2.44. The molecular weight excluding hydrogens is 180 g/mol. The fourth-order valence-corrected chi connectivity index (χ4v) is 2.38. The van der Waals surface area contributed by atoms with Crippen molar-refractivity contribution in [3.63, 3.8) is 0 Å². The van der Waals surface area contributed by atoms with Gasteiger partial charge in [0.05, 0.1) is 6.42 Å². The van der Waals surface area contributed by atoms with Crippen molar-refractivity contribution in [3.05, 3.63) is 0 Å². The quantitative estimate of drug-likeness (QED) is 0.507. The van der Waals surface area contributed by atoms with E-state index in [1.807, 2.05) is 6.92 Å². The molecule has 0 aromatic rings. The zero-order valence-corrected chi connectivity index (χ0v) is 8.20. The predicted octanol–water partition coefficient (Wildman–Crippen LogP) is 1.17. The molecule has 1 saturated heterocycles. The molecule has 1 aliphatic rings. The minimum atomic E-state index is -0.413. The first-order valence-electron chi connectivity index (χ1n) is 3.58. The maximum Gasteiger partial charge on any atom is 0.306 e. The van der Waals surface area contributed by atoms with Crippen molar-refractivity contribution in [2.75, 3.05) is 11.5 Å². The molecule has 0 aromatic carbocycles. The third kappa shape index (κ3) is 1.51. The zero-order valence-electron chi connectivity index (χ0n) is 6.41. The number of carbonyl (C=O) groups excluding carboxylic acids is 1. The van der Waals surface area contributed by atoms with E-state index in [2.05, 4.69) is 25.3 Å². The minimum absolute atomic E-state index is 0.124. The molecule has 1 rings (SSSR count). The molecule has 0 spiro atoms. The number of rotatable bonds is 2. The Morgan fingerprint density at radius 1 is 1.64 bits per heavy atom. The second-order valence-electron chi connectivity index (χ2n) is 2.96. The van der Waals surface area contributed by atoms with Crippen molar-refractivity contribution >= 4 is 31.2 Å². The zero-order chi connectivity index (χ0) is 8.48. The molecule has 64 valence electrons. The minimum Gasteiger partial charge on any atom is -0.457 e. The lowest BCUT2D eigenvalue weighted by molar-refractivity contribution is -0.145. The molecule has 11 heavy (non-hydrogen) atoms. The van der Waals surface area contributed by atoms with Crippen LogP contribution in [0.15, 0.2) is 0 Å². The molecule has 0 N–H and O–H groups in total. The standard InChI is InChI=1S/C7H12O2S2/c1-5-2-6(8)9-7(5,3-10)4-11/h5,10-11H,2-4H2,1H3. The Labute approximate surface area is 77.5 Å². The van der Waals surface area contributed by atoms with Crippen LogP contribution in [0.2, 0.25) is 0 Å². The highest BCUT2D eigenvalue weighted by Crippen LogP contribution is 2.34. The molecule has 1 heterocycles. The third-order valence-corrected chi connectivity index (χ3v) is 3.29. The predicted molar refractivity (Wildman–Crippen MR) is 50.3 cm³/mol. The summed E-state index contributed by atoms with van der Waals surface area (Å²) in [4.78, 5) is 10.9. The largest absolute Gasteiger partial charge is 0.457 e. The second kappa shape index (κ2) is 3.27. The SMILES string of the molecule is CC1CC(=O)OC1(CS)CS. The number of hydrogen-bond donors (Lipinski definition) is 2. The van der Waals surface area contributed by atoms with Gasteiger partial charge in [0, 0.05) is 17.4 Å². The smallest absolute Gasteiger partial charge is 0.306 e. The summed E-state index contributed by atoms with van der Waals surface area (Å²) in [6.45, 7) is 2.00. The van der Waals surface area contributed by atoms with Crippen molar-refractivity contribution in [1.29, 1.82) is 0 Å². The lowest BCUT2D eigenvalue weighted by atomic mass is 9.92. The topological polar surface area (TPSA) is 26.3 Å². The highest BCUT2D eigenvalue weighted by atomic mass is 32.1. The summed E-state index contributed by atoms with van der Waals surface area (Å²) in [5.74, 6) is 1.23. The summed E-state index contributed by atoms with van der Waals surface area (Å²) >= 11 is 8.31. The van der Waals surface area contributed by atoms with Gasteiger partial charge in [0.25, 0.3) is 0 Å². The van der Waals surface area contributed by atoms with Crippen LogP contribution in [-0.2, 0) is 9.53 Å². The van der Waals surface area contributed by atoms with Crippen LogP contribution in [0.4, 0.5) is 0 Å². The Bertz CT molecular complexity index is 166. The second-order valence-corrected chi connectivity index (χ2v) is 3.59. The highest BCUT2D eigenvalue weighted by molar-refractivity contribution is 7.81. The van der Waals surface area contributed by atoms with Gasteiger partial charge in [-0.2, -0.15) is 25.3 Å². The van der Waals surface area contributed by atoms with Gasteiger partial charge in [0.1, 0.15) is 5.60 Å². The van der Waals surface area contributed by atoms with Crippen LogP contribution in [0.3, 0.4) is 0 Å². The molecule has 1 aliphatic heterocycles. The normalized spacial score (nSPS) is 28.6. The molecule has 0 bridgehead atoms. The first kappa shape index (κ1) is 9.26. The van der Waals surface area contributed by atoms with Crippen LogP contribution < -0.4 is 0 Å². The van der Waals surface area contributed by atoms with E-state index in [0.29, 0.717) is 17.9 Å². The van der Waals surface area contributed by atoms with Crippen LogP contribution in [-0.4, -0.2) is 23.1 Å². The van der Waals surface area contributed by atoms with E-state index in [9.17, 15) is 4.79 Å². The third-order valence-electron chi connectivity index (χ3n) is 2.22. The van der Waals surface area contributed by atoms with E-state index in [0.717, 1.165) is 0 Å². The molecular formula is C7H12O2S2. The summed E-state index contributed by atoms with van der Waals surface area (Å²) in [7, 11) is 0. The Morgan fingerprint density at radius 3 is 2.36 bits per heavy atom. The Hall–Kier alpha value is 0.170.